The zero-order valence-electron chi connectivity index (χ0n) is 21.3. The van der Waals surface area contributed by atoms with Gasteiger partial charge >= 0.3 is 16.1 Å². The van der Waals surface area contributed by atoms with Gasteiger partial charge in [0.15, 0.2) is 16.5 Å². The Hall–Kier alpha value is -3.16. The van der Waals surface area contributed by atoms with Crippen molar-refractivity contribution in [3.8, 4) is 5.75 Å². The number of aliphatic hydroxyl groups is 1. The molecule has 0 bridgehead atoms. The van der Waals surface area contributed by atoms with Gasteiger partial charge in [-0.15, -0.1) is 0 Å². The summed E-state index contributed by atoms with van der Waals surface area (Å²) in [7, 11) is -4.05. The van der Waals surface area contributed by atoms with Gasteiger partial charge in [-0.1, -0.05) is 6.58 Å². The van der Waals surface area contributed by atoms with Gasteiger partial charge < -0.3 is 34.3 Å². The average molecular weight is 604 g/mol. The van der Waals surface area contributed by atoms with Gasteiger partial charge in [0.1, 0.15) is 12.6 Å². The fourth-order valence-electron chi connectivity index (χ4n) is 2.67. The number of nitrogens with zero attached hydrogens (tertiary/aromatic N) is 2. The number of likely N-dealkylation sites (N-methyl/N-ethyl adjacent to an activating group) is 1. The number of carbonyl (C=O) groups excluding carboxylic acids is 2. The molecule has 18 heteroatoms. The van der Waals surface area contributed by atoms with Crippen molar-refractivity contribution in [1.29, 1.82) is 0 Å². The van der Waals surface area contributed by atoms with Crippen molar-refractivity contribution in [3.05, 3.63) is 36.0 Å². The van der Waals surface area contributed by atoms with Crippen LogP contribution in [-0.4, -0.2) is 101 Å². The van der Waals surface area contributed by atoms with Crippen LogP contribution in [0.5, 0.6) is 5.75 Å². The lowest BCUT2D eigenvalue weighted by Gasteiger charge is -2.18. The summed E-state index contributed by atoms with van der Waals surface area (Å²) in [6, 6.07) is 0. The molecule has 0 atom stereocenters. The second-order valence-corrected chi connectivity index (χ2v) is 8.90. The van der Waals surface area contributed by atoms with Gasteiger partial charge in [0.05, 0.1) is 52.6 Å². The zero-order valence-corrected chi connectivity index (χ0v) is 22.1. The Bertz CT molecular complexity index is 1140. The summed E-state index contributed by atoms with van der Waals surface area (Å²) < 4.78 is 105. The maximum Gasteiger partial charge on any atom is 0.313 e. The molecule has 0 aliphatic carbocycles. The molecule has 40 heavy (non-hydrogen) atoms. The molecule has 0 fully saturated rings. The number of halogens is 4. The number of hydrogen-bond acceptors (Lipinski definition) is 10. The van der Waals surface area contributed by atoms with Crippen LogP contribution in [-0.2, 0) is 33.9 Å². The predicted octanol–water partition coefficient (Wildman–Crippen LogP) is 0.765. The van der Waals surface area contributed by atoms with Gasteiger partial charge in [0, 0.05) is 19.7 Å². The number of ether oxygens (including phenoxy) is 4. The molecule has 3 N–H and O–H groups in total. The summed E-state index contributed by atoms with van der Waals surface area (Å²) in [5.41, 5.74) is 0. The number of nitrogens with one attached hydrogen (secondary N) is 1. The minimum atomic E-state index is -5.64. The van der Waals surface area contributed by atoms with Crippen molar-refractivity contribution >= 4 is 27.8 Å². The smallest absolute Gasteiger partial charge is 0.313 e. The fraction of sp³-hybridized carbons (Fsp3) is 0.500. The summed E-state index contributed by atoms with van der Waals surface area (Å²) in [6.07, 6.45) is 0.762. The molecule has 1 aromatic rings. The summed E-state index contributed by atoms with van der Waals surface area (Å²) >= 11 is 0. The van der Waals surface area contributed by atoms with Crippen molar-refractivity contribution < 1.29 is 64.2 Å². The molecule has 1 amide bonds. The molecule has 0 radical (unpaired) electrons. The molecule has 0 aromatic heterocycles. The Morgan fingerprint density at radius 3 is 1.93 bits per heavy atom. The topological polar surface area (TPSA) is 173 Å². The number of benzene rings is 1. The molecule has 1 aromatic carbocycles. The van der Waals surface area contributed by atoms with Crippen LogP contribution in [0, 0.1) is 23.3 Å². The maximum absolute atomic E-state index is 13.9. The molecular weight excluding hydrogens is 574 g/mol. The largest absolute Gasteiger partial charge is 0.420 e. The molecule has 0 saturated heterocycles. The van der Waals surface area contributed by atoms with E-state index >= 15 is 0 Å². The van der Waals surface area contributed by atoms with Crippen LogP contribution in [0.15, 0.2) is 22.7 Å². The van der Waals surface area contributed by atoms with Crippen molar-refractivity contribution in [2.24, 2.45) is 4.99 Å². The molecular formula is C22H29F4N3O10S. The standard InChI is InChI=1S/C22H29F4N3O10S/c1-3-27-14(29(2)13-30)12-28-15(31)4-6-36-8-10-38-11-9-37-7-5-16(32)39-21-17(23)19(25)22(40(33,34)35)20(26)18(21)24/h3,30H,1,4-13H2,2H3,(H,28,31)(H,33,34,35). The van der Waals surface area contributed by atoms with Crippen LogP contribution in [0.2, 0.25) is 0 Å². The highest BCUT2D eigenvalue weighted by atomic mass is 32.2. The van der Waals surface area contributed by atoms with Crippen LogP contribution in [0.4, 0.5) is 17.6 Å². The molecule has 0 saturated carbocycles. The van der Waals surface area contributed by atoms with Gasteiger partial charge in [-0.05, 0) is 0 Å². The minimum Gasteiger partial charge on any atom is -0.420 e. The quantitative estimate of drug-likeness (QED) is 0.0249. The predicted molar refractivity (Wildman–Crippen MR) is 129 cm³/mol. The third-order valence-electron chi connectivity index (χ3n) is 4.66. The third kappa shape index (κ3) is 11.5. The molecule has 0 aliphatic rings. The lowest BCUT2D eigenvalue weighted by molar-refractivity contribution is -0.136. The number of rotatable bonds is 18. The van der Waals surface area contributed by atoms with E-state index in [4.69, 9.17) is 23.9 Å². The second kappa shape index (κ2) is 17.5. The summed E-state index contributed by atoms with van der Waals surface area (Å²) in [5.74, 6) is -12.6. The second-order valence-electron chi connectivity index (χ2n) is 7.54. The SMILES string of the molecule is C=CN=C(CNC(=O)CCOCCOCCOCCC(=O)Oc1c(F)c(F)c(S(=O)(=O)O)c(F)c1F)N(C)CO. The van der Waals surface area contributed by atoms with Gasteiger partial charge in [0.2, 0.25) is 23.3 Å². The zero-order chi connectivity index (χ0) is 30.3. The van der Waals surface area contributed by atoms with Crippen molar-refractivity contribution in [2.75, 3.05) is 60.0 Å². The van der Waals surface area contributed by atoms with E-state index in [2.05, 4.69) is 21.6 Å². The highest BCUT2D eigenvalue weighted by Crippen LogP contribution is 2.32. The number of esters is 1. The third-order valence-corrected chi connectivity index (χ3v) is 5.54. The van der Waals surface area contributed by atoms with Crippen molar-refractivity contribution in [3.63, 3.8) is 0 Å². The first-order chi connectivity index (χ1) is 18.8. The molecule has 13 nitrogen and oxygen atoms in total. The van der Waals surface area contributed by atoms with E-state index in [0.717, 1.165) is 0 Å². The normalized spacial score (nSPS) is 11.8. The average Bonchev–Trinajstić information content (AvgIpc) is 2.89. The van der Waals surface area contributed by atoms with Gasteiger partial charge in [-0.2, -0.15) is 17.2 Å². The first-order valence-corrected chi connectivity index (χ1v) is 12.8. The molecule has 0 spiro atoms. The lowest BCUT2D eigenvalue weighted by atomic mass is 10.3. The van der Waals surface area contributed by atoms with Gasteiger partial charge in [-0.3, -0.25) is 14.1 Å². The van der Waals surface area contributed by atoms with E-state index in [0.29, 0.717) is 5.84 Å². The Morgan fingerprint density at radius 1 is 0.950 bits per heavy atom. The van der Waals surface area contributed by atoms with Crippen LogP contribution < -0.4 is 10.1 Å². The van der Waals surface area contributed by atoms with E-state index in [-0.39, 0.29) is 65.2 Å². The molecule has 1 rings (SSSR count). The highest BCUT2D eigenvalue weighted by Gasteiger charge is 2.34. The fourth-order valence-corrected chi connectivity index (χ4v) is 3.30. The van der Waals surface area contributed by atoms with Gasteiger partial charge in [0.25, 0.3) is 0 Å². The first-order valence-electron chi connectivity index (χ1n) is 11.4. The van der Waals surface area contributed by atoms with Crippen LogP contribution in [0.1, 0.15) is 12.8 Å². The van der Waals surface area contributed by atoms with Crippen molar-refractivity contribution in [1.82, 2.24) is 10.2 Å². The summed E-state index contributed by atoms with van der Waals surface area (Å²) in [6.45, 7) is 3.44. The number of hydrogen-bond donors (Lipinski definition) is 3. The number of aliphatic imine (C=N–C) groups is 1. The lowest BCUT2D eigenvalue weighted by Crippen LogP contribution is -2.38. The minimum absolute atomic E-state index is 0.0123. The summed E-state index contributed by atoms with van der Waals surface area (Å²) in [4.78, 5) is 26.6. The number of aliphatic hydroxyl groups excluding tert-OH is 1. The van der Waals surface area contributed by atoms with E-state index in [9.17, 15) is 35.6 Å². The Kier molecular flexibility index (Phi) is 15.3. The first kappa shape index (κ1) is 34.9. The Labute approximate surface area is 227 Å². The number of carbonyl (C=O) groups is 2. The molecule has 0 heterocycles. The number of amidine groups is 1. The van der Waals surface area contributed by atoms with E-state index in [1.807, 2.05) is 0 Å². The Morgan fingerprint density at radius 2 is 1.45 bits per heavy atom. The van der Waals surface area contributed by atoms with Crippen LogP contribution in [0.25, 0.3) is 0 Å². The number of amides is 1. The van der Waals surface area contributed by atoms with Crippen LogP contribution in [0.3, 0.4) is 0 Å². The monoisotopic (exact) mass is 603 g/mol. The van der Waals surface area contributed by atoms with Gasteiger partial charge in [-0.25, -0.2) is 13.8 Å². The van der Waals surface area contributed by atoms with Crippen molar-refractivity contribution in [2.45, 2.75) is 17.7 Å². The molecule has 226 valence electrons. The van der Waals surface area contributed by atoms with E-state index in [1.165, 1.54) is 11.1 Å². The van der Waals surface area contributed by atoms with E-state index < -0.39 is 56.4 Å². The summed E-state index contributed by atoms with van der Waals surface area (Å²) in [5, 5.41) is 11.7. The molecule has 0 unspecified atom stereocenters. The van der Waals surface area contributed by atoms with Crippen LogP contribution >= 0.6 is 0 Å². The van der Waals surface area contributed by atoms with E-state index in [1.54, 1.807) is 7.05 Å². The highest BCUT2D eigenvalue weighted by molar-refractivity contribution is 7.85. The maximum atomic E-state index is 13.9. The Balaban J connectivity index is 2.21. The molecule has 0 aliphatic heterocycles.